The molecule has 4 aromatic heterocycles. The Kier molecular flexibility index (Phi) is 4.39. The number of amides is 1. The second kappa shape index (κ2) is 7.24. The number of hydrogen-bond acceptors (Lipinski definition) is 6. The van der Waals surface area contributed by atoms with E-state index in [0.29, 0.717) is 24.0 Å². The highest BCUT2D eigenvalue weighted by atomic mass is 16.5. The van der Waals surface area contributed by atoms with Crippen molar-refractivity contribution >= 4 is 16.8 Å². The first-order valence-electron chi connectivity index (χ1n) is 9.69. The zero-order valence-electron chi connectivity index (χ0n) is 17.2. The Morgan fingerprint density at radius 1 is 1.23 bits per heavy atom. The highest BCUT2D eigenvalue weighted by molar-refractivity contribution is 5.94. The lowest BCUT2D eigenvalue weighted by molar-refractivity contribution is 0.0944. The molecule has 156 valence electrons. The number of carbonyl (C=O) groups is 1. The minimum atomic E-state index is -0.236. The van der Waals surface area contributed by atoms with Crippen molar-refractivity contribution in [2.24, 2.45) is 14.1 Å². The van der Waals surface area contributed by atoms with Crippen molar-refractivity contribution in [3.05, 3.63) is 60.1 Å². The van der Waals surface area contributed by atoms with Crippen LogP contribution >= 0.6 is 0 Å². The van der Waals surface area contributed by atoms with Crippen LogP contribution < -0.4 is 5.32 Å². The Hall–Kier alpha value is -4.21. The Morgan fingerprint density at radius 3 is 2.84 bits per heavy atom. The fraction of sp³-hybridized carbons (Fsp3) is 0.190. The van der Waals surface area contributed by atoms with Gasteiger partial charge >= 0.3 is 0 Å². The molecule has 1 aromatic carbocycles. The second-order valence-corrected chi connectivity index (χ2v) is 7.35. The minimum absolute atomic E-state index is 0.236. The number of benzene rings is 1. The number of nitrogens with zero attached hydrogens (tertiary/aromatic N) is 6. The Morgan fingerprint density at radius 2 is 2.10 bits per heavy atom. The average molecular weight is 416 g/mol. The molecule has 4 heterocycles. The summed E-state index contributed by atoms with van der Waals surface area (Å²) in [6, 6.07) is 9.74. The fourth-order valence-electron chi connectivity index (χ4n) is 3.48. The third-order valence-corrected chi connectivity index (χ3v) is 5.13. The molecular formula is C21H20N8O2. The van der Waals surface area contributed by atoms with Crippen molar-refractivity contribution in [2.45, 2.75) is 13.5 Å². The predicted octanol–water partition coefficient (Wildman–Crippen LogP) is 2.59. The molecular weight excluding hydrogens is 396 g/mol. The lowest BCUT2D eigenvalue weighted by Crippen LogP contribution is -2.24. The zero-order chi connectivity index (χ0) is 21.5. The molecule has 0 atom stereocenters. The normalized spacial score (nSPS) is 11.3. The van der Waals surface area contributed by atoms with Crippen LogP contribution in [0.5, 0.6) is 0 Å². The third-order valence-electron chi connectivity index (χ3n) is 5.13. The summed E-state index contributed by atoms with van der Waals surface area (Å²) < 4.78 is 8.81. The number of aryl methyl sites for hydroxylation is 3. The highest BCUT2D eigenvalue weighted by Crippen LogP contribution is 2.28. The molecule has 0 bridgehead atoms. The van der Waals surface area contributed by atoms with Crippen LogP contribution in [0, 0.1) is 6.92 Å². The van der Waals surface area contributed by atoms with Crippen LogP contribution in [0.4, 0.5) is 0 Å². The molecule has 0 aliphatic rings. The lowest BCUT2D eigenvalue weighted by Gasteiger charge is -2.03. The van der Waals surface area contributed by atoms with Gasteiger partial charge in [-0.2, -0.15) is 10.1 Å². The maximum atomic E-state index is 12.6. The van der Waals surface area contributed by atoms with E-state index in [1.807, 2.05) is 42.9 Å². The van der Waals surface area contributed by atoms with E-state index in [0.717, 1.165) is 33.5 Å². The van der Waals surface area contributed by atoms with Gasteiger partial charge in [0.2, 0.25) is 0 Å². The number of hydrogen-bond donors (Lipinski definition) is 2. The largest absolute Gasteiger partial charge is 0.351 e. The smallest absolute Gasteiger partial charge is 0.274 e. The van der Waals surface area contributed by atoms with Crippen molar-refractivity contribution < 1.29 is 9.32 Å². The monoisotopic (exact) mass is 416 g/mol. The van der Waals surface area contributed by atoms with Gasteiger partial charge in [0.25, 0.3) is 11.8 Å². The molecule has 0 radical (unpaired) electrons. The first-order chi connectivity index (χ1) is 15.0. The molecule has 0 saturated carbocycles. The minimum Gasteiger partial charge on any atom is -0.351 e. The van der Waals surface area contributed by atoms with Crippen molar-refractivity contribution in [1.29, 1.82) is 0 Å². The molecule has 10 nitrogen and oxygen atoms in total. The molecule has 0 aliphatic carbocycles. The molecule has 2 N–H and O–H groups in total. The van der Waals surface area contributed by atoms with Gasteiger partial charge in [-0.3, -0.25) is 9.48 Å². The van der Waals surface area contributed by atoms with Gasteiger partial charge in [-0.15, -0.1) is 0 Å². The molecule has 0 aliphatic heterocycles. The van der Waals surface area contributed by atoms with E-state index >= 15 is 0 Å². The van der Waals surface area contributed by atoms with E-state index in [1.54, 1.807) is 30.2 Å². The topological polar surface area (TPSA) is 119 Å². The Balaban J connectivity index is 1.40. The van der Waals surface area contributed by atoms with E-state index < -0.39 is 0 Å². The van der Waals surface area contributed by atoms with E-state index in [1.165, 1.54) is 0 Å². The highest BCUT2D eigenvalue weighted by Gasteiger charge is 2.16. The predicted molar refractivity (Wildman–Crippen MR) is 113 cm³/mol. The molecule has 31 heavy (non-hydrogen) atoms. The number of aromatic nitrogens is 7. The number of imidazole rings is 1. The number of fused-ring (bicyclic) bond motifs is 1. The number of carbonyl (C=O) groups excluding carboxylic acids is 1. The van der Waals surface area contributed by atoms with E-state index in [9.17, 15) is 4.79 Å². The summed E-state index contributed by atoms with van der Waals surface area (Å²) in [4.78, 5) is 24.2. The van der Waals surface area contributed by atoms with Crippen molar-refractivity contribution in [2.75, 3.05) is 0 Å². The summed E-state index contributed by atoms with van der Waals surface area (Å²) in [6.45, 7) is 2.16. The summed E-state index contributed by atoms with van der Waals surface area (Å²) in [5, 5.41) is 12.1. The van der Waals surface area contributed by atoms with Gasteiger partial charge in [0, 0.05) is 36.8 Å². The molecule has 5 rings (SSSR count). The maximum absolute atomic E-state index is 12.6. The van der Waals surface area contributed by atoms with Gasteiger partial charge in [-0.05, 0) is 31.2 Å². The number of rotatable bonds is 5. The van der Waals surface area contributed by atoms with E-state index in [4.69, 9.17) is 4.52 Å². The summed E-state index contributed by atoms with van der Waals surface area (Å²) >= 11 is 0. The SMILES string of the molecule is Cc1noc(-c2cc3cc(-c4cc(C(=O)NCc5cncn5C)nn4C)ccc3[nH]2)n1. The molecule has 0 fully saturated rings. The first kappa shape index (κ1) is 18.8. The van der Waals surface area contributed by atoms with Crippen LogP contribution in [0.15, 0.2) is 47.4 Å². The maximum Gasteiger partial charge on any atom is 0.274 e. The van der Waals surface area contributed by atoms with Gasteiger partial charge in [-0.1, -0.05) is 11.2 Å². The number of aromatic amines is 1. The van der Waals surface area contributed by atoms with Gasteiger partial charge in [0.05, 0.1) is 24.3 Å². The molecule has 1 amide bonds. The third kappa shape index (κ3) is 3.48. The fourth-order valence-corrected chi connectivity index (χ4v) is 3.48. The van der Waals surface area contributed by atoms with Crippen LogP contribution in [0.3, 0.4) is 0 Å². The molecule has 0 unspecified atom stereocenters. The van der Waals surface area contributed by atoms with E-state index in [2.05, 4.69) is 30.5 Å². The van der Waals surface area contributed by atoms with Crippen LogP contribution in [0.25, 0.3) is 33.7 Å². The van der Waals surface area contributed by atoms with Gasteiger partial charge in [-0.25, -0.2) is 4.98 Å². The van der Waals surface area contributed by atoms with Crippen LogP contribution in [0.2, 0.25) is 0 Å². The van der Waals surface area contributed by atoms with Crippen LogP contribution in [-0.2, 0) is 20.6 Å². The Labute approximate surface area is 176 Å². The van der Waals surface area contributed by atoms with Crippen molar-refractivity contribution in [3.8, 4) is 22.8 Å². The van der Waals surface area contributed by atoms with Crippen LogP contribution in [-0.4, -0.2) is 40.4 Å². The average Bonchev–Trinajstić information content (AvgIpc) is 3.52. The number of H-pyrrole nitrogens is 1. The van der Waals surface area contributed by atoms with Crippen LogP contribution in [0.1, 0.15) is 22.0 Å². The lowest BCUT2D eigenvalue weighted by atomic mass is 10.1. The summed E-state index contributed by atoms with van der Waals surface area (Å²) in [6.07, 6.45) is 3.42. The summed E-state index contributed by atoms with van der Waals surface area (Å²) in [5.41, 5.74) is 4.76. The summed E-state index contributed by atoms with van der Waals surface area (Å²) in [5.74, 6) is 0.793. The molecule has 5 aromatic rings. The standard InChI is InChI=1S/C21H20N8O2/c1-12-24-21(31-27-12)18-7-14-6-13(4-5-16(14)25-18)19-8-17(26-29(19)3)20(30)23-10-15-9-22-11-28(15)2/h4-9,11,25H,10H2,1-3H3,(H,23,30). The van der Waals surface area contributed by atoms with Crippen molar-refractivity contribution in [3.63, 3.8) is 0 Å². The van der Waals surface area contributed by atoms with Gasteiger partial charge < -0.3 is 19.4 Å². The van der Waals surface area contributed by atoms with Crippen molar-refractivity contribution in [1.82, 2.24) is 39.8 Å². The second-order valence-electron chi connectivity index (χ2n) is 7.35. The molecule has 10 heteroatoms. The van der Waals surface area contributed by atoms with Gasteiger partial charge in [0.1, 0.15) is 5.69 Å². The number of nitrogens with one attached hydrogen (secondary N) is 2. The zero-order valence-corrected chi connectivity index (χ0v) is 17.2. The summed E-state index contributed by atoms with van der Waals surface area (Å²) in [7, 11) is 3.71. The molecule has 0 saturated heterocycles. The molecule has 0 spiro atoms. The quantitative estimate of drug-likeness (QED) is 0.454. The Bertz CT molecular complexity index is 1400. The van der Waals surface area contributed by atoms with E-state index in [-0.39, 0.29) is 5.91 Å². The first-order valence-corrected chi connectivity index (χ1v) is 9.69. The van der Waals surface area contributed by atoms with Gasteiger partial charge in [0.15, 0.2) is 11.5 Å².